The van der Waals surface area contributed by atoms with Gasteiger partial charge in [0.2, 0.25) is 5.91 Å². The molecule has 5 nitrogen and oxygen atoms in total. The minimum absolute atomic E-state index is 0.211. The van der Waals surface area contributed by atoms with Gasteiger partial charge in [-0.05, 0) is 39.2 Å². The number of nitrogens with zero attached hydrogens (tertiary/aromatic N) is 3. The summed E-state index contributed by atoms with van der Waals surface area (Å²) in [5.74, 6) is 0.458. The summed E-state index contributed by atoms with van der Waals surface area (Å²) in [7, 11) is 0. The molecule has 5 heteroatoms. The maximum Gasteiger partial charge on any atom is 0.222 e. The largest absolute Gasteiger partial charge is 0.345 e. The van der Waals surface area contributed by atoms with Crippen LogP contribution in [0.25, 0.3) is 0 Å². The molecule has 0 unspecified atom stereocenters. The lowest BCUT2D eigenvalue weighted by Crippen LogP contribution is -2.49. The van der Waals surface area contributed by atoms with Crippen molar-refractivity contribution in [1.29, 1.82) is 0 Å². The highest BCUT2D eigenvalue weighted by Crippen LogP contribution is 2.38. The van der Waals surface area contributed by atoms with E-state index in [1.54, 1.807) is 0 Å². The molecule has 0 bridgehead atoms. The Hall–Kier alpha value is -1.62. The van der Waals surface area contributed by atoms with Crippen LogP contribution in [-0.4, -0.2) is 58.8 Å². The van der Waals surface area contributed by atoms with E-state index < -0.39 is 0 Å². The molecule has 0 radical (unpaired) electrons. The van der Waals surface area contributed by atoms with Crippen LogP contribution in [0.4, 0.5) is 0 Å². The van der Waals surface area contributed by atoms with Gasteiger partial charge in [-0.3, -0.25) is 14.5 Å². The Morgan fingerprint density at radius 2 is 1.79 bits per heavy atom. The van der Waals surface area contributed by atoms with Gasteiger partial charge in [0.1, 0.15) is 0 Å². The second kappa shape index (κ2) is 7.09. The van der Waals surface area contributed by atoms with E-state index in [4.69, 9.17) is 0 Å². The van der Waals surface area contributed by atoms with E-state index in [0.717, 1.165) is 43.9 Å². The van der Waals surface area contributed by atoms with E-state index in [9.17, 15) is 9.59 Å². The SMILES string of the molecule is CCCC(=O)N1CCN(CC(=O)c2cc(C)n(C3CC3)c2C)CC1. The molecular weight excluding hydrogens is 302 g/mol. The molecule has 1 amide bonds. The van der Waals surface area contributed by atoms with Crippen LogP contribution < -0.4 is 0 Å². The summed E-state index contributed by atoms with van der Waals surface area (Å²) in [6.07, 6.45) is 4.00. The maximum absolute atomic E-state index is 12.7. The molecule has 1 aromatic heterocycles. The third kappa shape index (κ3) is 3.56. The lowest BCUT2D eigenvalue weighted by molar-refractivity contribution is -0.132. The number of hydrogen-bond acceptors (Lipinski definition) is 3. The summed E-state index contributed by atoms with van der Waals surface area (Å²) in [6, 6.07) is 2.66. The van der Waals surface area contributed by atoms with E-state index in [1.165, 1.54) is 18.5 Å². The van der Waals surface area contributed by atoms with Crippen molar-refractivity contribution < 1.29 is 9.59 Å². The molecule has 132 valence electrons. The molecule has 0 N–H and O–H groups in total. The summed E-state index contributed by atoms with van der Waals surface area (Å²) in [6.45, 7) is 9.74. The van der Waals surface area contributed by atoms with E-state index in [2.05, 4.69) is 29.4 Å². The highest BCUT2D eigenvalue weighted by Gasteiger charge is 2.29. The van der Waals surface area contributed by atoms with Gasteiger partial charge in [-0.25, -0.2) is 0 Å². The highest BCUT2D eigenvalue weighted by atomic mass is 16.2. The number of carbonyl (C=O) groups excluding carboxylic acids is 2. The number of hydrogen-bond donors (Lipinski definition) is 0. The maximum atomic E-state index is 12.7. The van der Waals surface area contributed by atoms with Gasteiger partial charge in [-0.2, -0.15) is 0 Å². The van der Waals surface area contributed by atoms with Crippen molar-refractivity contribution in [2.75, 3.05) is 32.7 Å². The zero-order valence-corrected chi connectivity index (χ0v) is 15.2. The molecule has 2 heterocycles. The predicted molar refractivity (Wildman–Crippen MR) is 94.4 cm³/mol. The zero-order valence-electron chi connectivity index (χ0n) is 15.2. The van der Waals surface area contributed by atoms with Crippen LogP contribution in [0.5, 0.6) is 0 Å². The fourth-order valence-corrected chi connectivity index (χ4v) is 3.77. The van der Waals surface area contributed by atoms with Crippen molar-refractivity contribution in [2.24, 2.45) is 0 Å². The Bertz CT molecular complexity index is 623. The standard InChI is InChI=1S/C19H29N3O2/c1-4-5-19(24)21-10-8-20(9-11-21)13-18(23)17-12-14(2)22(15(17)3)16-6-7-16/h12,16H,4-11,13H2,1-3H3. The summed E-state index contributed by atoms with van der Waals surface area (Å²) < 4.78 is 2.33. The normalized spacial score (nSPS) is 18.9. The zero-order chi connectivity index (χ0) is 17.3. The van der Waals surface area contributed by atoms with E-state index >= 15 is 0 Å². The number of aromatic nitrogens is 1. The minimum Gasteiger partial charge on any atom is -0.345 e. The molecule has 3 rings (SSSR count). The Kier molecular flexibility index (Phi) is 5.09. The molecule has 1 aromatic rings. The Labute approximate surface area is 144 Å². The third-order valence-electron chi connectivity index (χ3n) is 5.25. The first-order valence-corrected chi connectivity index (χ1v) is 9.23. The van der Waals surface area contributed by atoms with Gasteiger partial charge in [-0.1, -0.05) is 6.92 Å². The van der Waals surface area contributed by atoms with Gasteiger partial charge >= 0.3 is 0 Å². The molecule has 2 aliphatic rings. The summed E-state index contributed by atoms with van der Waals surface area (Å²) in [4.78, 5) is 28.8. The average molecular weight is 331 g/mol. The second-order valence-electron chi connectivity index (χ2n) is 7.22. The third-order valence-corrected chi connectivity index (χ3v) is 5.25. The number of amides is 1. The van der Waals surface area contributed by atoms with Crippen LogP contribution in [0.3, 0.4) is 0 Å². The molecule has 1 saturated heterocycles. The molecule has 24 heavy (non-hydrogen) atoms. The summed E-state index contributed by atoms with van der Waals surface area (Å²) >= 11 is 0. The topological polar surface area (TPSA) is 45.6 Å². The number of piperazine rings is 1. The fraction of sp³-hybridized carbons (Fsp3) is 0.684. The molecule has 1 aliphatic heterocycles. The fourth-order valence-electron chi connectivity index (χ4n) is 3.77. The molecule has 1 aliphatic carbocycles. The first-order valence-electron chi connectivity index (χ1n) is 9.23. The smallest absolute Gasteiger partial charge is 0.222 e. The molecule has 2 fully saturated rings. The quantitative estimate of drug-likeness (QED) is 0.753. The first-order chi connectivity index (χ1) is 11.5. The van der Waals surface area contributed by atoms with Crippen molar-refractivity contribution in [1.82, 2.24) is 14.4 Å². The lowest BCUT2D eigenvalue weighted by atomic mass is 10.1. The van der Waals surface area contributed by atoms with Crippen LogP contribution in [0.2, 0.25) is 0 Å². The molecule has 0 atom stereocenters. The van der Waals surface area contributed by atoms with Gasteiger partial charge in [0.15, 0.2) is 5.78 Å². The van der Waals surface area contributed by atoms with Crippen molar-refractivity contribution >= 4 is 11.7 Å². The summed E-state index contributed by atoms with van der Waals surface area (Å²) in [5, 5.41) is 0. The molecule has 0 spiro atoms. The lowest BCUT2D eigenvalue weighted by Gasteiger charge is -2.34. The van der Waals surface area contributed by atoms with Gasteiger partial charge in [0.05, 0.1) is 6.54 Å². The van der Waals surface area contributed by atoms with Crippen molar-refractivity contribution in [3.05, 3.63) is 23.0 Å². The van der Waals surface area contributed by atoms with Crippen LogP contribution in [-0.2, 0) is 4.79 Å². The van der Waals surface area contributed by atoms with Crippen molar-refractivity contribution in [2.45, 2.75) is 52.5 Å². The molecular formula is C19H29N3O2. The number of rotatable bonds is 6. The van der Waals surface area contributed by atoms with Crippen molar-refractivity contribution in [3.8, 4) is 0 Å². The van der Waals surface area contributed by atoms with Crippen LogP contribution in [0.15, 0.2) is 6.07 Å². The minimum atomic E-state index is 0.211. The van der Waals surface area contributed by atoms with Crippen LogP contribution >= 0.6 is 0 Å². The monoisotopic (exact) mass is 331 g/mol. The van der Waals surface area contributed by atoms with Crippen LogP contribution in [0, 0.1) is 13.8 Å². The second-order valence-corrected chi connectivity index (χ2v) is 7.22. The van der Waals surface area contributed by atoms with Gasteiger partial charge in [-0.15, -0.1) is 0 Å². The van der Waals surface area contributed by atoms with Gasteiger partial charge in [0.25, 0.3) is 0 Å². The Balaban J connectivity index is 1.57. The number of ketones is 1. The highest BCUT2D eigenvalue weighted by molar-refractivity contribution is 5.99. The number of aryl methyl sites for hydroxylation is 1. The first kappa shape index (κ1) is 17.2. The van der Waals surface area contributed by atoms with E-state index in [0.29, 0.717) is 19.0 Å². The number of Topliss-reactive ketones (excluding diaryl/α,β-unsaturated/α-hetero) is 1. The van der Waals surface area contributed by atoms with E-state index in [1.807, 2.05) is 11.8 Å². The van der Waals surface area contributed by atoms with Crippen LogP contribution in [0.1, 0.15) is 60.4 Å². The average Bonchev–Trinajstić information content (AvgIpc) is 3.33. The van der Waals surface area contributed by atoms with Gasteiger partial charge < -0.3 is 9.47 Å². The van der Waals surface area contributed by atoms with Gasteiger partial charge in [0, 0.05) is 55.6 Å². The predicted octanol–water partition coefficient (Wildman–Crippen LogP) is 2.57. The summed E-state index contributed by atoms with van der Waals surface area (Å²) in [5.41, 5.74) is 3.20. The van der Waals surface area contributed by atoms with E-state index in [-0.39, 0.29) is 11.7 Å². The Morgan fingerprint density at radius 3 is 2.38 bits per heavy atom. The molecule has 0 aromatic carbocycles. The number of carbonyl (C=O) groups is 2. The Morgan fingerprint density at radius 1 is 1.12 bits per heavy atom. The molecule has 1 saturated carbocycles. The van der Waals surface area contributed by atoms with Crippen molar-refractivity contribution in [3.63, 3.8) is 0 Å².